The molecule has 6 nitrogen and oxygen atoms in total. The van der Waals surface area contributed by atoms with Crippen molar-refractivity contribution in [3.63, 3.8) is 0 Å². The first kappa shape index (κ1) is 27.6. The highest BCUT2D eigenvalue weighted by molar-refractivity contribution is 7.89. The van der Waals surface area contributed by atoms with Gasteiger partial charge in [-0.2, -0.15) is 0 Å². The fraction of sp³-hybridized carbons (Fsp3) is 0.406. The summed E-state index contributed by atoms with van der Waals surface area (Å²) in [4.78, 5) is 15.7. The number of carbonyl (C=O) groups excluding carboxylic acids is 1. The molecule has 1 fully saturated rings. The normalized spacial score (nSPS) is 18.7. The van der Waals surface area contributed by atoms with E-state index in [1.165, 1.54) is 49.0 Å². The summed E-state index contributed by atoms with van der Waals surface area (Å²) in [6, 6.07) is 22.8. The van der Waals surface area contributed by atoms with Gasteiger partial charge in [0.2, 0.25) is 15.9 Å². The van der Waals surface area contributed by atoms with E-state index in [0.717, 1.165) is 36.9 Å². The molecule has 206 valence electrons. The lowest BCUT2D eigenvalue weighted by Crippen LogP contribution is -2.39. The van der Waals surface area contributed by atoms with E-state index >= 15 is 0 Å². The number of amides is 1. The maximum absolute atomic E-state index is 13.0. The van der Waals surface area contributed by atoms with Crippen molar-refractivity contribution in [3.05, 3.63) is 89.5 Å². The minimum Gasteiger partial charge on any atom is -0.349 e. The first-order valence-corrected chi connectivity index (χ1v) is 15.7. The molecule has 0 radical (unpaired) electrons. The van der Waals surface area contributed by atoms with E-state index < -0.39 is 16.1 Å². The van der Waals surface area contributed by atoms with Crippen LogP contribution in [0.3, 0.4) is 0 Å². The molecule has 0 bridgehead atoms. The lowest BCUT2D eigenvalue weighted by Gasteiger charge is -2.29. The lowest BCUT2D eigenvalue weighted by atomic mass is 9.86. The van der Waals surface area contributed by atoms with Gasteiger partial charge in [-0.1, -0.05) is 67.1 Å². The second-order valence-electron chi connectivity index (χ2n) is 11.0. The van der Waals surface area contributed by atoms with E-state index in [0.29, 0.717) is 0 Å². The van der Waals surface area contributed by atoms with E-state index in [1.807, 2.05) is 30.3 Å². The molecule has 1 amide bonds. The molecule has 39 heavy (non-hydrogen) atoms. The van der Waals surface area contributed by atoms with E-state index in [-0.39, 0.29) is 23.3 Å². The number of piperidine rings is 1. The molecule has 5 rings (SSSR count). The Kier molecular flexibility index (Phi) is 8.80. The van der Waals surface area contributed by atoms with Crippen LogP contribution in [0.4, 0.5) is 0 Å². The number of likely N-dealkylation sites (tertiary alicyclic amines) is 1. The average Bonchev–Trinajstić information content (AvgIpc) is 2.94. The first-order chi connectivity index (χ1) is 18.9. The van der Waals surface area contributed by atoms with Crippen LogP contribution in [0.2, 0.25) is 0 Å². The highest BCUT2D eigenvalue weighted by Crippen LogP contribution is 2.31. The standard InChI is InChI=1S/C32H39N3O3S/c1-24(34-39(37,38)29-16-14-27(15-17-29)26-9-4-2-5-10-26)21-32(36)33-31-12-8-11-28-22-25(13-18-30(28)31)23-35-19-6-3-7-20-35/h2,4-5,9-10,13-18,22,24,31,34H,3,6-8,11-12,19-21,23H2,1H3,(H,33,36)/t24-,31+/m0/s1. The van der Waals surface area contributed by atoms with Gasteiger partial charge in [0.15, 0.2) is 0 Å². The molecule has 0 aromatic heterocycles. The summed E-state index contributed by atoms with van der Waals surface area (Å²) in [5, 5.41) is 3.17. The molecular formula is C32H39N3O3S. The molecule has 0 saturated carbocycles. The number of sulfonamides is 1. The Morgan fingerprint density at radius 3 is 2.38 bits per heavy atom. The summed E-state index contributed by atoms with van der Waals surface area (Å²) in [6.07, 6.45) is 6.96. The fourth-order valence-corrected chi connectivity index (χ4v) is 7.10. The third-order valence-corrected chi connectivity index (χ3v) is 9.44. The number of aryl methyl sites for hydroxylation is 1. The number of nitrogens with one attached hydrogen (secondary N) is 2. The summed E-state index contributed by atoms with van der Waals surface area (Å²) in [5.74, 6) is -0.139. The number of nitrogens with zero attached hydrogens (tertiary/aromatic N) is 1. The Bertz CT molecular complexity index is 1370. The molecule has 0 spiro atoms. The number of benzene rings is 3. The zero-order valence-electron chi connectivity index (χ0n) is 22.7. The Hall–Kier alpha value is -3.00. The molecule has 7 heteroatoms. The van der Waals surface area contributed by atoms with Crippen LogP contribution in [0.25, 0.3) is 11.1 Å². The summed E-state index contributed by atoms with van der Waals surface area (Å²) >= 11 is 0. The van der Waals surface area contributed by atoms with Gasteiger partial charge in [-0.15, -0.1) is 0 Å². The monoisotopic (exact) mass is 545 g/mol. The molecule has 1 heterocycles. The molecule has 2 N–H and O–H groups in total. The zero-order chi connectivity index (χ0) is 27.2. The Morgan fingerprint density at radius 1 is 0.923 bits per heavy atom. The predicted octanol–water partition coefficient (Wildman–Crippen LogP) is 5.59. The second kappa shape index (κ2) is 12.5. The lowest BCUT2D eigenvalue weighted by molar-refractivity contribution is -0.122. The zero-order valence-corrected chi connectivity index (χ0v) is 23.6. The smallest absolute Gasteiger partial charge is 0.240 e. The van der Waals surface area contributed by atoms with Crippen molar-refractivity contribution in [1.29, 1.82) is 0 Å². The maximum Gasteiger partial charge on any atom is 0.240 e. The molecule has 3 aromatic carbocycles. The minimum atomic E-state index is -3.74. The van der Waals surface area contributed by atoms with Crippen LogP contribution in [0.1, 0.15) is 68.2 Å². The second-order valence-corrected chi connectivity index (χ2v) is 12.7. The van der Waals surface area contributed by atoms with Crippen LogP contribution >= 0.6 is 0 Å². The van der Waals surface area contributed by atoms with Crippen molar-refractivity contribution < 1.29 is 13.2 Å². The third-order valence-electron chi connectivity index (χ3n) is 7.83. The van der Waals surface area contributed by atoms with Crippen LogP contribution in [-0.4, -0.2) is 38.4 Å². The van der Waals surface area contributed by atoms with Crippen LogP contribution in [0.5, 0.6) is 0 Å². The van der Waals surface area contributed by atoms with Crippen molar-refractivity contribution in [3.8, 4) is 11.1 Å². The molecular weight excluding hydrogens is 506 g/mol. The summed E-state index contributed by atoms with van der Waals surface area (Å²) in [5.41, 5.74) is 5.86. The maximum atomic E-state index is 13.0. The predicted molar refractivity (Wildman–Crippen MR) is 156 cm³/mol. The molecule has 1 aliphatic heterocycles. The van der Waals surface area contributed by atoms with Gasteiger partial charge in [0.25, 0.3) is 0 Å². The topological polar surface area (TPSA) is 78.5 Å². The van der Waals surface area contributed by atoms with Crippen molar-refractivity contribution in [1.82, 2.24) is 14.9 Å². The van der Waals surface area contributed by atoms with Crippen molar-refractivity contribution in [2.24, 2.45) is 0 Å². The van der Waals surface area contributed by atoms with Gasteiger partial charge in [0, 0.05) is 19.0 Å². The van der Waals surface area contributed by atoms with E-state index in [1.54, 1.807) is 31.2 Å². The molecule has 2 aliphatic rings. The van der Waals surface area contributed by atoms with Crippen LogP contribution in [0, 0.1) is 0 Å². The van der Waals surface area contributed by atoms with Crippen molar-refractivity contribution in [2.45, 2.75) is 75.4 Å². The number of rotatable bonds is 9. The average molecular weight is 546 g/mol. The number of hydrogen-bond donors (Lipinski definition) is 2. The molecule has 3 aromatic rings. The molecule has 0 unspecified atom stereocenters. The van der Waals surface area contributed by atoms with Crippen molar-refractivity contribution >= 4 is 15.9 Å². The fourth-order valence-electron chi connectivity index (χ4n) is 5.85. The summed E-state index contributed by atoms with van der Waals surface area (Å²) in [6.45, 7) is 5.08. The Balaban J connectivity index is 1.16. The first-order valence-electron chi connectivity index (χ1n) is 14.2. The number of carbonyl (C=O) groups is 1. The van der Waals surface area contributed by atoms with E-state index in [4.69, 9.17) is 0 Å². The van der Waals surface area contributed by atoms with Gasteiger partial charge in [0.05, 0.1) is 10.9 Å². The molecule has 1 aliphatic carbocycles. The third kappa shape index (κ3) is 7.15. The Morgan fingerprint density at radius 2 is 1.64 bits per heavy atom. The number of hydrogen-bond acceptors (Lipinski definition) is 4. The molecule has 2 atom stereocenters. The Labute approximate surface area is 232 Å². The highest BCUT2D eigenvalue weighted by Gasteiger charge is 2.25. The van der Waals surface area contributed by atoms with E-state index in [9.17, 15) is 13.2 Å². The van der Waals surface area contributed by atoms with Crippen LogP contribution in [-0.2, 0) is 27.8 Å². The van der Waals surface area contributed by atoms with Crippen LogP contribution < -0.4 is 10.0 Å². The van der Waals surface area contributed by atoms with E-state index in [2.05, 4.69) is 33.1 Å². The van der Waals surface area contributed by atoms with Gasteiger partial charge < -0.3 is 5.32 Å². The summed E-state index contributed by atoms with van der Waals surface area (Å²) < 4.78 is 28.6. The largest absolute Gasteiger partial charge is 0.349 e. The molecule has 1 saturated heterocycles. The van der Waals surface area contributed by atoms with Gasteiger partial charge in [-0.05, 0) is 92.1 Å². The van der Waals surface area contributed by atoms with Crippen LogP contribution in [0.15, 0.2) is 77.7 Å². The van der Waals surface area contributed by atoms with Gasteiger partial charge in [0.1, 0.15) is 0 Å². The van der Waals surface area contributed by atoms with Gasteiger partial charge in [-0.25, -0.2) is 13.1 Å². The quantitative estimate of drug-likeness (QED) is 0.367. The van der Waals surface area contributed by atoms with Gasteiger partial charge >= 0.3 is 0 Å². The summed E-state index contributed by atoms with van der Waals surface area (Å²) in [7, 11) is -3.74. The van der Waals surface area contributed by atoms with Gasteiger partial charge in [-0.3, -0.25) is 9.69 Å². The number of fused-ring (bicyclic) bond motifs is 1. The highest BCUT2D eigenvalue weighted by atomic mass is 32.2. The minimum absolute atomic E-state index is 0.0281. The van der Waals surface area contributed by atoms with Crippen molar-refractivity contribution in [2.75, 3.05) is 13.1 Å². The SMILES string of the molecule is C[C@@H](CC(=O)N[C@@H]1CCCc2cc(CN3CCCCC3)ccc21)NS(=O)(=O)c1ccc(-c2ccccc2)cc1.